The third kappa shape index (κ3) is 5.59. The minimum atomic E-state index is 0. The smallest absolute Gasteiger partial charge is 0.159 e. The second kappa shape index (κ2) is 8.00. The molecule has 0 fully saturated rings. The van der Waals surface area contributed by atoms with E-state index in [0.29, 0.717) is 12.4 Å². The molecule has 0 amide bonds. The Morgan fingerprint density at radius 2 is 2.27 bits per heavy atom. The topological polar surface area (TPSA) is 35.3 Å². The number of aromatic nitrogens is 1. The van der Waals surface area contributed by atoms with Crippen LogP contribution in [0.25, 0.3) is 0 Å². The number of hydrogen-bond acceptors (Lipinski definition) is 3. The van der Waals surface area contributed by atoms with Gasteiger partial charge in [0.25, 0.3) is 0 Å². The van der Waals surface area contributed by atoms with Crippen LogP contribution in [0.1, 0.15) is 11.5 Å². The average Bonchev–Trinajstić information content (AvgIpc) is 2.17. The average molecular weight is 304 g/mol. The summed E-state index contributed by atoms with van der Waals surface area (Å²) < 4.78 is 9.35. The molecule has 0 unspecified atom stereocenters. The monoisotopic (exact) mass is 304 g/mol. The van der Waals surface area contributed by atoms with E-state index in [2.05, 4.69) is 17.0 Å². The van der Waals surface area contributed by atoms with E-state index < -0.39 is 0 Å². The predicted octanol–water partition coefficient (Wildman–Crippen LogP) is 1.29. The molecule has 0 aliphatic heterocycles. The van der Waals surface area contributed by atoms with Crippen LogP contribution in [0.2, 0.25) is 0 Å². The largest absolute Gasteiger partial charge is 0.549 e. The summed E-state index contributed by atoms with van der Waals surface area (Å²) >= 11 is 0. The van der Waals surface area contributed by atoms with Crippen LogP contribution in [0.15, 0.2) is 10.6 Å². The number of aryl methyl sites for hydroxylation is 1. The van der Waals surface area contributed by atoms with E-state index in [1.807, 2.05) is 13.0 Å². The first kappa shape index (κ1) is 14.9. The van der Waals surface area contributed by atoms with Crippen LogP contribution in [0.3, 0.4) is 0 Å². The molecule has 1 heterocycles. The van der Waals surface area contributed by atoms with Crippen molar-refractivity contribution < 1.29 is 74.7 Å². The Labute approximate surface area is 116 Å². The molecular formula is C6H8NO2Y2-. The third-order valence-corrected chi connectivity index (χ3v) is 0.921. The second-order valence-electron chi connectivity index (χ2n) is 1.78. The van der Waals surface area contributed by atoms with Gasteiger partial charge < -0.3 is 9.26 Å². The van der Waals surface area contributed by atoms with Gasteiger partial charge in [0.05, 0.1) is 12.3 Å². The molecule has 0 N–H and O–H groups in total. The fourth-order valence-corrected chi connectivity index (χ4v) is 0.585. The van der Waals surface area contributed by atoms with Crippen LogP contribution in [-0.2, 0) is 76.8 Å². The molecule has 0 saturated carbocycles. The molecule has 0 spiro atoms. The maximum atomic E-state index is 4.79. The Hall–Kier alpha value is 1.38. The molecule has 0 bridgehead atoms. The zero-order chi connectivity index (χ0) is 6.69. The van der Waals surface area contributed by atoms with Crippen molar-refractivity contribution in [3.05, 3.63) is 24.6 Å². The fourth-order valence-electron chi connectivity index (χ4n) is 0.585. The van der Waals surface area contributed by atoms with E-state index in [9.17, 15) is 0 Å². The molecule has 0 atom stereocenters. The van der Waals surface area contributed by atoms with Crippen LogP contribution in [0.5, 0.6) is 0 Å². The maximum absolute atomic E-state index is 4.79. The number of hydrogen-bond donors (Lipinski definition) is 0. The standard InChI is InChI=1S/C6H8NO2.2Y/c1-5-3-6(4-8-2)9-7-5;;/h3H,2,4H2,1H3;;/q-1;;. The molecule has 1 rings (SSSR count). The number of nitrogens with zero attached hydrogens (tertiary/aromatic N) is 1. The van der Waals surface area contributed by atoms with Gasteiger partial charge in [-0.3, -0.25) is 0 Å². The fraction of sp³-hybridized carbons (Fsp3) is 0.333. The van der Waals surface area contributed by atoms with Crippen molar-refractivity contribution in [1.29, 1.82) is 0 Å². The molecule has 0 aliphatic rings. The zero-order valence-electron chi connectivity index (χ0n) is 6.41. The third-order valence-electron chi connectivity index (χ3n) is 0.921. The van der Waals surface area contributed by atoms with Gasteiger partial charge in [-0.25, -0.2) is 7.11 Å². The summed E-state index contributed by atoms with van der Waals surface area (Å²) in [5, 5.41) is 3.65. The van der Waals surface area contributed by atoms with Gasteiger partial charge in [-0.1, -0.05) is 5.16 Å². The second-order valence-corrected chi connectivity index (χ2v) is 1.78. The molecule has 0 aliphatic carbocycles. The van der Waals surface area contributed by atoms with Gasteiger partial charge in [-0.2, -0.15) is 0 Å². The normalized spacial score (nSPS) is 8.18. The Bertz CT molecular complexity index is 190. The molecule has 0 saturated heterocycles. The summed E-state index contributed by atoms with van der Waals surface area (Å²) in [6, 6.07) is 1.81. The van der Waals surface area contributed by atoms with Crippen LogP contribution in [-0.4, -0.2) is 5.16 Å². The first-order chi connectivity index (χ1) is 4.33. The van der Waals surface area contributed by atoms with E-state index >= 15 is 0 Å². The molecule has 56 valence electrons. The van der Waals surface area contributed by atoms with E-state index in [4.69, 9.17) is 4.52 Å². The number of ether oxygens (including phenoxy) is 1. The summed E-state index contributed by atoms with van der Waals surface area (Å²) in [6.07, 6.45) is 0. The van der Waals surface area contributed by atoms with Gasteiger partial charge in [0.1, 0.15) is 0 Å². The number of rotatable bonds is 2. The molecule has 2 radical (unpaired) electrons. The summed E-state index contributed by atoms with van der Waals surface area (Å²) in [5.41, 5.74) is 0.863. The van der Waals surface area contributed by atoms with Gasteiger partial charge in [0, 0.05) is 71.5 Å². The van der Waals surface area contributed by atoms with Crippen molar-refractivity contribution in [3.63, 3.8) is 0 Å². The molecule has 0 aromatic carbocycles. The van der Waals surface area contributed by atoms with Gasteiger partial charge >= 0.3 is 0 Å². The molecular weight excluding hydrogens is 296 g/mol. The van der Waals surface area contributed by atoms with Crippen LogP contribution < -0.4 is 0 Å². The Morgan fingerprint density at radius 3 is 2.64 bits per heavy atom. The zero-order valence-corrected chi connectivity index (χ0v) is 12.1. The van der Waals surface area contributed by atoms with E-state index in [0.717, 1.165) is 5.69 Å². The summed E-state index contributed by atoms with van der Waals surface area (Å²) in [4.78, 5) is 0. The van der Waals surface area contributed by atoms with Crippen molar-refractivity contribution in [2.75, 3.05) is 0 Å². The molecule has 1 aromatic rings. The van der Waals surface area contributed by atoms with Crippen LogP contribution >= 0.6 is 0 Å². The van der Waals surface area contributed by atoms with Crippen molar-refractivity contribution >= 4 is 0 Å². The van der Waals surface area contributed by atoms with Crippen molar-refractivity contribution in [2.45, 2.75) is 13.5 Å². The minimum absolute atomic E-state index is 0. The van der Waals surface area contributed by atoms with Gasteiger partial charge in [-0.15, -0.1) is 0 Å². The molecule has 11 heavy (non-hydrogen) atoms. The van der Waals surface area contributed by atoms with Crippen LogP contribution in [0.4, 0.5) is 0 Å². The first-order valence-corrected chi connectivity index (χ1v) is 2.62. The summed E-state index contributed by atoms with van der Waals surface area (Å²) in [5.74, 6) is 0.711. The maximum Gasteiger partial charge on any atom is 0.159 e. The Morgan fingerprint density at radius 1 is 1.64 bits per heavy atom. The van der Waals surface area contributed by atoms with Crippen LogP contribution in [0, 0.1) is 14.0 Å². The first-order valence-electron chi connectivity index (χ1n) is 2.62. The van der Waals surface area contributed by atoms with Gasteiger partial charge in [-0.05, 0) is 6.92 Å². The quantitative estimate of drug-likeness (QED) is 0.772. The Kier molecular flexibility index (Phi) is 10.8. The van der Waals surface area contributed by atoms with E-state index in [1.165, 1.54) is 0 Å². The van der Waals surface area contributed by atoms with E-state index in [-0.39, 0.29) is 65.4 Å². The summed E-state index contributed by atoms with van der Waals surface area (Å²) in [6.45, 7) is 2.25. The predicted molar refractivity (Wildman–Crippen MR) is 31.4 cm³/mol. The molecule has 3 nitrogen and oxygen atoms in total. The molecule has 5 heteroatoms. The molecule has 1 aromatic heterocycles. The van der Waals surface area contributed by atoms with Crippen molar-refractivity contribution in [2.24, 2.45) is 0 Å². The van der Waals surface area contributed by atoms with Crippen molar-refractivity contribution in [3.8, 4) is 0 Å². The van der Waals surface area contributed by atoms with Gasteiger partial charge in [0.15, 0.2) is 5.76 Å². The summed E-state index contributed by atoms with van der Waals surface area (Å²) in [7, 11) is 3.20. The van der Waals surface area contributed by atoms with Gasteiger partial charge in [0.2, 0.25) is 0 Å². The van der Waals surface area contributed by atoms with Crippen molar-refractivity contribution in [1.82, 2.24) is 5.16 Å². The Balaban J connectivity index is 0. The SMILES string of the molecule is [CH2-]OCc1cc(C)no1.[Y].[Y]. The van der Waals surface area contributed by atoms with E-state index in [1.54, 1.807) is 0 Å². The minimum Gasteiger partial charge on any atom is -0.549 e.